The van der Waals surface area contributed by atoms with E-state index in [1.165, 1.54) is 6.42 Å². The lowest BCUT2D eigenvalue weighted by atomic mass is 9.85. The van der Waals surface area contributed by atoms with E-state index < -0.39 is 5.60 Å². The molecule has 1 aromatic heterocycles. The highest BCUT2D eigenvalue weighted by Crippen LogP contribution is 2.27. The molecule has 4 heteroatoms. The number of aromatic nitrogens is 1. The Bertz CT molecular complexity index is 364. The molecule has 0 amide bonds. The van der Waals surface area contributed by atoms with E-state index in [1.807, 2.05) is 18.2 Å². The highest BCUT2D eigenvalue weighted by molar-refractivity contribution is 9.10. The Balaban J connectivity index is 1.79. The molecule has 2 rings (SSSR count). The van der Waals surface area contributed by atoms with Gasteiger partial charge >= 0.3 is 0 Å². The fourth-order valence-electron chi connectivity index (χ4n) is 2.36. The van der Waals surface area contributed by atoms with Crippen LogP contribution in [0.15, 0.2) is 22.8 Å². The lowest BCUT2D eigenvalue weighted by Crippen LogP contribution is -2.41. The average Bonchev–Trinajstić information content (AvgIpc) is 2.30. The van der Waals surface area contributed by atoms with Crippen molar-refractivity contribution >= 4 is 15.9 Å². The quantitative estimate of drug-likeness (QED) is 0.840. The van der Waals surface area contributed by atoms with Gasteiger partial charge in [0.1, 0.15) is 4.60 Å². The van der Waals surface area contributed by atoms with Gasteiger partial charge in [-0.1, -0.05) is 25.3 Å². The maximum atomic E-state index is 10.3. The van der Waals surface area contributed by atoms with Crippen molar-refractivity contribution in [2.45, 2.75) is 44.2 Å². The van der Waals surface area contributed by atoms with E-state index in [0.717, 1.165) is 36.0 Å². The molecule has 0 bridgehead atoms. The van der Waals surface area contributed by atoms with Crippen LogP contribution in [0.3, 0.4) is 0 Å². The first-order valence-electron chi connectivity index (χ1n) is 6.23. The predicted octanol–water partition coefficient (Wildman–Crippen LogP) is 2.63. The van der Waals surface area contributed by atoms with Crippen molar-refractivity contribution in [2.75, 3.05) is 6.54 Å². The molecule has 1 fully saturated rings. The summed E-state index contributed by atoms with van der Waals surface area (Å²) in [5, 5.41) is 13.6. The number of rotatable bonds is 4. The Hall–Kier alpha value is -0.450. The topological polar surface area (TPSA) is 45.1 Å². The first-order valence-corrected chi connectivity index (χ1v) is 7.02. The van der Waals surface area contributed by atoms with Crippen molar-refractivity contribution in [3.8, 4) is 0 Å². The van der Waals surface area contributed by atoms with Crippen LogP contribution in [0.4, 0.5) is 0 Å². The molecule has 94 valence electrons. The van der Waals surface area contributed by atoms with Crippen LogP contribution < -0.4 is 5.32 Å². The molecule has 1 saturated carbocycles. The average molecular weight is 299 g/mol. The molecule has 17 heavy (non-hydrogen) atoms. The first-order chi connectivity index (χ1) is 8.18. The molecule has 1 aliphatic carbocycles. The Morgan fingerprint density at radius 2 is 2.06 bits per heavy atom. The molecular weight excluding hydrogens is 280 g/mol. The molecule has 1 aliphatic rings. The largest absolute Gasteiger partial charge is 0.389 e. The fraction of sp³-hybridized carbons (Fsp3) is 0.615. The maximum absolute atomic E-state index is 10.3. The minimum Gasteiger partial charge on any atom is -0.389 e. The van der Waals surface area contributed by atoms with E-state index in [2.05, 4.69) is 26.2 Å². The van der Waals surface area contributed by atoms with Crippen molar-refractivity contribution in [1.82, 2.24) is 10.3 Å². The molecule has 2 N–H and O–H groups in total. The summed E-state index contributed by atoms with van der Waals surface area (Å²) in [6, 6.07) is 5.88. The fourth-order valence-corrected chi connectivity index (χ4v) is 2.74. The van der Waals surface area contributed by atoms with E-state index in [1.54, 1.807) is 0 Å². The van der Waals surface area contributed by atoms with E-state index >= 15 is 0 Å². The van der Waals surface area contributed by atoms with Gasteiger partial charge in [-0.2, -0.15) is 0 Å². The molecule has 0 aliphatic heterocycles. The lowest BCUT2D eigenvalue weighted by molar-refractivity contribution is 0.00462. The van der Waals surface area contributed by atoms with Gasteiger partial charge in [0.25, 0.3) is 0 Å². The standard InChI is InChI=1S/C13H19BrN2O/c14-12-6-4-5-11(16-12)9-15-10-13(17)7-2-1-3-8-13/h4-6,15,17H,1-3,7-10H2. The van der Waals surface area contributed by atoms with E-state index in [9.17, 15) is 5.11 Å². The summed E-state index contributed by atoms with van der Waals surface area (Å²) >= 11 is 3.35. The van der Waals surface area contributed by atoms with Crippen LogP contribution in [0.5, 0.6) is 0 Å². The van der Waals surface area contributed by atoms with Crippen molar-refractivity contribution in [2.24, 2.45) is 0 Å². The molecule has 0 unspecified atom stereocenters. The van der Waals surface area contributed by atoms with Gasteiger partial charge in [-0.3, -0.25) is 0 Å². The third kappa shape index (κ3) is 4.05. The molecule has 0 saturated heterocycles. The summed E-state index contributed by atoms with van der Waals surface area (Å²) in [7, 11) is 0. The normalized spacial score (nSPS) is 19.2. The number of nitrogens with one attached hydrogen (secondary N) is 1. The second kappa shape index (κ2) is 5.94. The van der Waals surface area contributed by atoms with Crippen LogP contribution in [0.2, 0.25) is 0 Å². The van der Waals surface area contributed by atoms with Crippen molar-refractivity contribution in [3.05, 3.63) is 28.5 Å². The van der Waals surface area contributed by atoms with Crippen molar-refractivity contribution < 1.29 is 5.11 Å². The summed E-state index contributed by atoms with van der Waals surface area (Å²) in [5.41, 5.74) is 0.503. The lowest BCUT2D eigenvalue weighted by Gasteiger charge is -2.32. The highest BCUT2D eigenvalue weighted by atomic mass is 79.9. The number of aliphatic hydroxyl groups is 1. The number of nitrogens with zero attached hydrogens (tertiary/aromatic N) is 1. The van der Waals surface area contributed by atoms with E-state index in [0.29, 0.717) is 13.1 Å². The third-order valence-corrected chi connectivity index (χ3v) is 3.76. The SMILES string of the molecule is OC1(CNCc2cccc(Br)n2)CCCCC1. The molecule has 1 aromatic rings. The van der Waals surface area contributed by atoms with Gasteiger partial charge in [0.15, 0.2) is 0 Å². The number of hydrogen-bond acceptors (Lipinski definition) is 3. The molecule has 0 atom stereocenters. The zero-order valence-corrected chi connectivity index (χ0v) is 11.5. The van der Waals surface area contributed by atoms with Gasteiger partial charge in [0.2, 0.25) is 0 Å². The van der Waals surface area contributed by atoms with Gasteiger partial charge in [0, 0.05) is 13.1 Å². The Kier molecular flexibility index (Phi) is 4.54. The summed E-state index contributed by atoms with van der Waals surface area (Å²) in [6.45, 7) is 1.38. The Labute approximate surface area is 111 Å². The van der Waals surface area contributed by atoms with Crippen LogP contribution in [0.1, 0.15) is 37.8 Å². The summed E-state index contributed by atoms with van der Waals surface area (Å²) in [5.74, 6) is 0. The number of halogens is 1. The van der Waals surface area contributed by atoms with Crippen molar-refractivity contribution in [3.63, 3.8) is 0 Å². The summed E-state index contributed by atoms with van der Waals surface area (Å²) < 4.78 is 0.855. The third-order valence-electron chi connectivity index (χ3n) is 3.32. The van der Waals surface area contributed by atoms with Gasteiger partial charge < -0.3 is 10.4 Å². The summed E-state index contributed by atoms with van der Waals surface area (Å²) in [6.07, 6.45) is 5.40. The van der Waals surface area contributed by atoms with E-state index in [4.69, 9.17) is 0 Å². The van der Waals surface area contributed by atoms with Crippen LogP contribution in [-0.2, 0) is 6.54 Å². The van der Waals surface area contributed by atoms with Crippen LogP contribution in [0.25, 0.3) is 0 Å². The molecule has 0 spiro atoms. The summed E-state index contributed by atoms with van der Waals surface area (Å²) in [4.78, 5) is 4.35. The predicted molar refractivity (Wildman–Crippen MR) is 71.7 cm³/mol. The monoisotopic (exact) mass is 298 g/mol. The van der Waals surface area contributed by atoms with Gasteiger partial charge in [0.05, 0.1) is 11.3 Å². The molecule has 3 nitrogen and oxygen atoms in total. The Morgan fingerprint density at radius 3 is 2.76 bits per heavy atom. The van der Waals surface area contributed by atoms with Gasteiger partial charge in [-0.15, -0.1) is 0 Å². The Morgan fingerprint density at radius 1 is 1.29 bits per heavy atom. The highest BCUT2D eigenvalue weighted by Gasteiger charge is 2.28. The second-order valence-electron chi connectivity index (χ2n) is 4.84. The van der Waals surface area contributed by atoms with E-state index in [-0.39, 0.29) is 0 Å². The zero-order chi connectivity index (χ0) is 12.1. The molecule has 1 heterocycles. The molecule has 0 aromatic carbocycles. The molecule has 0 radical (unpaired) electrons. The van der Waals surface area contributed by atoms with Crippen LogP contribution in [0, 0.1) is 0 Å². The smallest absolute Gasteiger partial charge is 0.106 e. The first kappa shape index (κ1) is 13.0. The number of hydrogen-bond donors (Lipinski definition) is 2. The zero-order valence-electron chi connectivity index (χ0n) is 9.95. The number of pyridine rings is 1. The van der Waals surface area contributed by atoms with Crippen LogP contribution in [-0.4, -0.2) is 22.2 Å². The molecular formula is C13H19BrN2O. The maximum Gasteiger partial charge on any atom is 0.106 e. The van der Waals surface area contributed by atoms with Gasteiger partial charge in [-0.25, -0.2) is 4.98 Å². The van der Waals surface area contributed by atoms with Crippen LogP contribution >= 0.6 is 15.9 Å². The minimum absolute atomic E-state index is 0.496. The second-order valence-corrected chi connectivity index (χ2v) is 5.65. The van der Waals surface area contributed by atoms with Gasteiger partial charge in [-0.05, 0) is 40.9 Å². The van der Waals surface area contributed by atoms with Crippen molar-refractivity contribution in [1.29, 1.82) is 0 Å². The minimum atomic E-state index is -0.496.